The first-order chi connectivity index (χ1) is 8.67. The molecule has 2 nitrogen and oxygen atoms in total. The maximum absolute atomic E-state index is 5.30. The van der Waals surface area contributed by atoms with Crippen LogP contribution in [0.3, 0.4) is 0 Å². The van der Waals surface area contributed by atoms with E-state index in [0.717, 1.165) is 30.5 Å². The highest BCUT2D eigenvalue weighted by Gasteiger charge is 2.04. The van der Waals surface area contributed by atoms with Crippen molar-refractivity contribution < 1.29 is 0 Å². The normalized spacial score (nSPS) is 10.6. The Morgan fingerprint density at radius 3 is 2.83 bits per heavy atom. The number of hydrogen-bond donors (Lipinski definition) is 1. The average molecular weight is 309 g/mol. The van der Waals surface area contributed by atoms with Crippen molar-refractivity contribution in [2.24, 2.45) is 0 Å². The summed E-state index contributed by atoms with van der Waals surface area (Å²) in [5.74, 6) is 2.65. The zero-order valence-corrected chi connectivity index (χ0v) is 12.8. The van der Waals surface area contributed by atoms with Crippen molar-refractivity contribution in [1.29, 1.82) is 0 Å². The highest BCUT2D eigenvalue weighted by Crippen LogP contribution is 2.20. The Labute approximate surface area is 119 Å². The number of halogens is 1. The van der Waals surface area contributed by atoms with Gasteiger partial charge in [0.25, 0.3) is 0 Å². The molecule has 3 heteroatoms. The third-order valence-corrected chi connectivity index (χ3v) is 3.41. The molecule has 0 aliphatic heterocycles. The van der Waals surface area contributed by atoms with E-state index in [9.17, 15) is 0 Å². The molecule has 0 saturated heterocycles. The summed E-state index contributed by atoms with van der Waals surface area (Å²) >= 11 is 3.63. The van der Waals surface area contributed by atoms with Crippen molar-refractivity contribution in [2.45, 2.75) is 26.4 Å². The molecule has 0 unspecified atom stereocenters. The van der Waals surface area contributed by atoms with Gasteiger partial charge in [0, 0.05) is 17.6 Å². The van der Waals surface area contributed by atoms with Gasteiger partial charge >= 0.3 is 0 Å². The minimum atomic E-state index is 0.673. The van der Waals surface area contributed by atoms with E-state index in [4.69, 9.17) is 6.42 Å². The molecule has 0 fully saturated rings. The van der Waals surface area contributed by atoms with Gasteiger partial charge in [-0.25, -0.2) is 0 Å². The molecule has 18 heavy (non-hydrogen) atoms. The highest BCUT2D eigenvalue weighted by atomic mass is 79.9. The number of benzene rings is 1. The van der Waals surface area contributed by atoms with Crippen molar-refractivity contribution >= 4 is 15.9 Å². The van der Waals surface area contributed by atoms with E-state index in [1.54, 1.807) is 0 Å². The van der Waals surface area contributed by atoms with Crippen LogP contribution in [-0.2, 0) is 13.1 Å². The molecule has 1 rings (SSSR count). The van der Waals surface area contributed by atoms with E-state index in [0.29, 0.717) is 6.54 Å². The zero-order valence-electron chi connectivity index (χ0n) is 11.2. The molecular weight excluding hydrogens is 288 g/mol. The fourth-order valence-corrected chi connectivity index (χ4v) is 2.29. The lowest BCUT2D eigenvalue weighted by Gasteiger charge is -2.15. The van der Waals surface area contributed by atoms with Gasteiger partial charge in [-0.3, -0.25) is 4.90 Å². The fraction of sp³-hybridized carbons (Fsp3) is 0.467. The van der Waals surface area contributed by atoms with E-state index in [2.05, 4.69) is 57.2 Å². The second-order valence-electron chi connectivity index (χ2n) is 4.48. The molecule has 1 aromatic rings. The van der Waals surface area contributed by atoms with Gasteiger partial charge in [-0.05, 0) is 37.2 Å². The molecule has 1 N–H and O–H groups in total. The van der Waals surface area contributed by atoms with Gasteiger partial charge < -0.3 is 5.32 Å². The monoisotopic (exact) mass is 308 g/mol. The molecule has 0 aliphatic carbocycles. The van der Waals surface area contributed by atoms with Crippen LogP contribution in [0, 0.1) is 12.3 Å². The fourth-order valence-electron chi connectivity index (χ4n) is 1.74. The summed E-state index contributed by atoms with van der Waals surface area (Å²) in [5, 5.41) is 3.40. The van der Waals surface area contributed by atoms with E-state index >= 15 is 0 Å². The summed E-state index contributed by atoms with van der Waals surface area (Å²) in [6, 6.07) is 6.52. The largest absolute Gasteiger partial charge is 0.313 e. The van der Waals surface area contributed by atoms with Gasteiger partial charge in [-0.2, -0.15) is 0 Å². The van der Waals surface area contributed by atoms with Crippen LogP contribution >= 0.6 is 15.9 Å². The van der Waals surface area contributed by atoms with Crippen LogP contribution in [-0.4, -0.2) is 25.0 Å². The summed E-state index contributed by atoms with van der Waals surface area (Å²) in [6.45, 7) is 5.70. The van der Waals surface area contributed by atoms with Crippen LogP contribution in [0.2, 0.25) is 0 Å². The lowest BCUT2D eigenvalue weighted by Crippen LogP contribution is -2.18. The second-order valence-corrected chi connectivity index (χ2v) is 5.33. The highest BCUT2D eigenvalue weighted by molar-refractivity contribution is 9.10. The Morgan fingerprint density at radius 1 is 1.44 bits per heavy atom. The molecule has 0 saturated carbocycles. The summed E-state index contributed by atoms with van der Waals surface area (Å²) in [7, 11) is 2.03. The van der Waals surface area contributed by atoms with Gasteiger partial charge in [-0.1, -0.05) is 40.9 Å². The van der Waals surface area contributed by atoms with E-state index < -0.39 is 0 Å². The van der Waals surface area contributed by atoms with Crippen LogP contribution in [0.1, 0.15) is 24.5 Å². The first-order valence-electron chi connectivity index (χ1n) is 6.27. The van der Waals surface area contributed by atoms with Crippen LogP contribution < -0.4 is 5.32 Å². The smallest absolute Gasteiger partial charge is 0.0599 e. The van der Waals surface area contributed by atoms with Gasteiger partial charge in [0.05, 0.1) is 6.54 Å². The van der Waals surface area contributed by atoms with E-state index in [1.807, 2.05) is 7.05 Å². The number of terminal acetylenes is 1. The number of hydrogen-bond acceptors (Lipinski definition) is 2. The van der Waals surface area contributed by atoms with Crippen molar-refractivity contribution in [3.63, 3.8) is 0 Å². The molecule has 0 bridgehead atoms. The van der Waals surface area contributed by atoms with Gasteiger partial charge in [0.2, 0.25) is 0 Å². The maximum atomic E-state index is 5.30. The predicted molar refractivity (Wildman–Crippen MR) is 81.3 cm³/mol. The first-order valence-corrected chi connectivity index (χ1v) is 7.06. The van der Waals surface area contributed by atoms with Gasteiger partial charge in [0.1, 0.15) is 0 Å². The van der Waals surface area contributed by atoms with Crippen LogP contribution in [0.4, 0.5) is 0 Å². The Bertz CT molecular complexity index is 409. The van der Waals surface area contributed by atoms with Gasteiger partial charge in [0.15, 0.2) is 0 Å². The lowest BCUT2D eigenvalue weighted by atomic mass is 10.1. The SMILES string of the molecule is C#CCN(C)Cc1ccc(CNCCC)cc1Br. The van der Waals surface area contributed by atoms with Crippen LogP contribution in [0.5, 0.6) is 0 Å². The molecule has 0 radical (unpaired) electrons. The molecule has 0 amide bonds. The third kappa shape index (κ3) is 5.22. The van der Waals surface area contributed by atoms with Crippen LogP contribution in [0.25, 0.3) is 0 Å². The molecule has 98 valence electrons. The summed E-state index contributed by atoms with van der Waals surface area (Å²) in [4.78, 5) is 2.12. The molecule has 0 aliphatic rings. The predicted octanol–water partition coefficient (Wildman–Crippen LogP) is 3.01. The van der Waals surface area contributed by atoms with Crippen molar-refractivity contribution in [1.82, 2.24) is 10.2 Å². The lowest BCUT2D eigenvalue weighted by molar-refractivity contribution is 0.368. The maximum Gasteiger partial charge on any atom is 0.0599 e. The minimum Gasteiger partial charge on any atom is -0.313 e. The Hall–Kier alpha value is -0.820. The number of nitrogens with one attached hydrogen (secondary N) is 1. The number of rotatable bonds is 7. The molecule has 1 aromatic carbocycles. The Balaban J connectivity index is 2.59. The quantitative estimate of drug-likeness (QED) is 0.615. The van der Waals surface area contributed by atoms with Crippen molar-refractivity contribution in [2.75, 3.05) is 20.1 Å². The average Bonchev–Trinajstić information content (AvgIpc) is 2.33. The van der Waals surface area contributed by atoms with Crippen LogP contribution in [0.15, 0.2) is 22.7 Å². The van der Waals surface area contributed by atoms with Crippen molar-refractivity contribution in [3.8, 4) is 12.3 Å². The molecular formula is C15H21BrN2. The number of nitrogens with zero attached hydrogens (tertiary/aromatic N) is 1. The first kappa shape index (κ1) is 15.2. The molecule has 0 spiro atoms. The third-order valence-electron chi connectivity index (χ3n) is 2.67. The van der Waals surface area contributed by atoms with E-state index in [1.165, 1.54) is 11.1 Å². The Kier molecular flexibility index (Phi) is 7.04. The zero-order chi connectivity index (χ0) is 13.4. The molecule has 0 atom stereocenters. The molecule has 0 heterocycles. The van der Waals surface area contributed by atoms with Crippen molar-refractivity contribution in [3.05, 3.63) is 33.8 Å². The summed E-state index contributed by atoms with van der Waals surface area (Å²) < 4.78 is 1.15. The Morgan fingerprint density at radius 2 is 2.22 bits per heavy atom. The van der Waals surface area contributed by atoms with Gasteiger partial charge in [-0.15, -0.1) is 6.42 Å². The summed E-state index contributed by atoms with van der Waals surface area (Å²) in [6.07, 6.45) is 6.46. The van der Waals surface area contributed by atoms with E-state index in [-0.39, 0.29) is 0 Å². The molecule has 0 aromatic heterocycles. The topological polar surface area (TPSA) is 15.3 Å². The standard InChI is InChI=1S/C15H21BrN2/c1-4-8-17-11-13-6-7-14(15(16)10-13)12-18(3)9-5-2/h2,6-7,10,17H,4,8-9,11-12H2,1,3H3. The summed E-state index contributed by atoms with van der Waals surface area (Å²) in [5.41, 5.74) is 2.57. The minimum absolute atomic E-state index is 0.673. The second kappa shape index (κ2) is 8.31.